The Balaban J connectivity index is 0.000000573. The lowest BCUT2D eigenvalue weighted by Crippen LogP contribution is -2.37. The van der Waals surface area contributed by atoms with Crippen molar-refractivity contribution in [1.29, 1.82) is 0 Å². The number of phenols is 2. The second-order valence-electron chi connectivity index (χ2n) is 21.2. The minimum Gasteiger partial charge on any atom is -0.506 e. The number of anilines is 2. The molecule has 2 aliphatic heterocycles. The van der Waals surface area contributed by atoms with Crippen LogP contribution in [-0.2, 0) is 54.0 Å². The van der Waals surface area contributed by atoms with Crippen molar-refractivity contribution >= 4 is 63.9 Å². The number of aromatic hydroxyl groups is 2. The van der Waals surface area contributed by atoms with Crippen LogP contribution in [-0.4, -0.2) is 146 Å². The number of fused-ring (bicyclic) bond motifs is 4. The fourth-order valence-electron chi connectivity index (χ4n) is 9.93. The lowest BCUT2D eigenvalue weighted by Gasteiger charge is -2.30. The molecule has 0 aromatic heterocycles. The number of amides is 4. The Labute approximate surface area is 509 Å². The molecule has 12 N–H and O–H groups in total. The lowest BCUT2D eigenvalue weighted by molar-refractivity contribution is -0.120. The molecule has 0 spiro atoms. The van der Waals surface area contributed by atoms with Gasteiger partial charge in [-0.3, -0.25) is 19.2 Å². The number of nitrogens with one attached hydrogen (secondary N) is 4. The summed E-state index contributed by atoms with van der Waals surface area (Å²) >= 11 is 0. The smallest absolute Gasteiger partial charge is 0.405 e. The molecule has 23 heteroatoms. The first kappa shape index (κ1) is 74.0. The maximum Gasteiger partial charge on any atom is 0.405 e. The van der Waals surface area contributed by atoms with E-state index in [2.05, 4.69) is 34.4 Å². The fourth-order valence-corrected chi connectivity index (χ4v) is 9.93. The van der Waals surface area contributed by atoms with Gasteiger partial charge in [0.15, 0.2) is 12.2 Å². The number of primary amides is 2. The zero-order chi connectivity index (χ0) is 63.1. The van der Waals surface area contributed by atoms with Gasteiger partial charge in [-0.05, 0) is 76.4 Å². The standard InChI is InChI=1S/C31H45N3O8.C31H43N3O8.BrH/c2*1-8-12-33-26-21-13-17(2)14-25(41-7)27(36)19(4)15-20(5)29(42-31(32)39)24(40-6)11-9-10-18(3)30(38)34-22(28(21)37)16-23(26)35;/h8-11,15-17,19,24-25,27,29,33,35-37H,1,12-14H2,2-7H3,(H2,32,39)(H,34,38);8-11,15-17,19,24-25,27,29,33,36H,1,12-14H2,2-7H3,(H2,32,39)(H,34,38);1H/b2*11-9-,18-10+,20-15+;/t2*17-,19+,24+,25+,27-,29+;/m11./s1. The summed E-state index contributed by atoms with van der Waals surface area (Å²) < 4.78 is 33.2. The number of ketones is 2. The van der Waals surface area contributed by atoms with Crippen LogP contribution in [0.3, 0.4) is 0 Å². The molecular weight excluding hydrogens is 1160 g/mol. The third-order valence-electron chi connectivity index (χ3n) is 14.5. The average molecular weight is 1250 g/mol. The maximum absolute atomic E-state index is 13.5. The van der Waals surface area contributed by atoms with Crippen LogP contribution in [0, 0.1) is 23.7 Å². The lowest BCUT2D eigenvalue weighted by atomic mass is 9.85. The number of hydrogen-bond donors (Lipinski definition) is 10. The van der Waals surface area contributed by atoms with E-state index in [1.165, 1.54) is 46.7 Å². The first-order chi connectivity index (χ1) is 39.7. The number of carbonyl (C=O) groups excluding carboxylic acids is 6. The van der Waals surface area contributed by atoms with E-state index in [1.54, 1.807) is 83.2 Å². The van der Waals surface area contributed by atoms with E-state index >= 15 is 0 Å². The van der Waals surface area contributed by atoms with Crippen molar-refractivity contribution in [2.75, 3.05) is 52.2 Å². The first-order valence-electron chi connectivity index (χ1n) is 27.6. The van der Waals surface area contributed by atoms with Crippen LogP contribution in [0.25, 0.3) is 0 Å². The van der Waals surface area contributed by atoms with Crippen LogP contribution in [0.1, 0.15) is 80.2 Å². The summed E-state index contributed by atoms with van der Waals surface area (Å²) in [7, 11) is 5.87. The molecular formula is C62H89BrN6O16. The Kier molecular flexibility index (Phi) is 31.3. The average Bonchev–Trinajstić information content (AvgIpc) is 3.63. The number of Topliss-reactive ketones (excluding diaryl/α,β-unsaturated/α-hetero) is 1. The number of aliphatic hydroxyl groups is 2. The number of methoxy groups -OCH3 is 4. The van der Waals surface area contributed by atoms with E-state index < -0.39 is 96.2 Å². The molecule has 0 saturated carbocycles. The molecule has 0 saturated heterocycles. The monoisotopic (exact) mass is 1250 g/mol. The molecule has 0 unspecified atom stereocenters. The number of hydrogen-bond acceptors (Lipinski definition) is 18. The minimum absolute atomic E-state index is 0. The highest BCUT2D eigenvalue weighted by molar-refractivity contribution is 8.93. The van der Waals surface area contributed by atoms with Crippen LogP contribution in [0.2, 0.25) is 0 Å². The molecule has 22 nitrogen and oxygen atoms in total. The summed E-state index contributed by atoms with van der Waals surface area (Å²) in [6.45, 7) is 22.0. The maximum atomic E-state index is 13.5. The molecule has 0 fully saturated rings. The molecule has 4 amide bonds. The van der Waals surface area contributed by atoms with Crippen molar-refractivity contribution in [3.05, 3.63) is 131 Å². The topological polar surface area (TPSA) is 339 Å². The van der Waals surface area contributed by atoms with E-state index in [4.69, 9.17) is 39.9 Å². The van der Waals surface area contributed by atoms with Gasteiger partial charge in [-0.2, -0.15) is 0 Å². The highest BCUT2D eigenvalue weighted by Crippen LogP contribution is 2.43. The van der Waals surface area contributed by atoms with Crippen molar-refractivity contribution in [1.82, 2.24) is 10.6 Å². The quantitative estimate of drug-likeness (QED) is 0.0425. The highest BCUT2D eigenvalue weighted by Gasteiger charge is 2.35. The van der Waals surface area contributed by atoms with Crippen molar-refractivity contribution in [2.45, 2.75) is 130 Å². The summed E-state index contributed by atoms with van der Waals surface area (Å²) in [6, 6.07) is 1.28. The second kappa shape index (κ2) is 36.0. The number of halogens is 1. The van der Waals surface area contributed by atoms with Gasteiger partial charge in [0.1, 0.15) is 23.7 Å². The molecule has 4 bridgehead atoms. The van der Waals surface area contributed by atoms with Gasteiger partial charge in [-0.1, -0.05) is 88.5 Å². The van der Waals surface area contributed by atoms with Gasteiger partial charge in [0.25, 0.3) is 11.8 Å². The number of benzene rings is 1. The van der Waals surface area contributed by atoms with Gasteiger partial charge in [0.2, 0.25) is 11.6 Å². The summed E-state index contributed by atoms with van der Waals surface area (Å²) in [5.41, 5.74) is 13.4. The Hall–Kier alpha value is -7.12. The van der Waals surface area contributed by atoms with Crippen molar-refractivity contribution < 1.29 is 77.6 Å². The second-order valence-corrected chi connectivity index (χ2v) is 21.2. The normalized spacial score (nSPS) is 30.1. The predicted octanol–water partition coefficient (Wildman–Crippen LogP) is 7.27. The predicted molar refractivity (Wildman–Crippen MR) is 331 cm³/mol. The van der Waals surface area contributed by atoms with E-state index in [9.17, 15) is 49.2 Å². The summed E-state index contributed by atoms with van der Waals surface area (Å²) in [4.78, 5) is 76.0. The summed E-state index contributed by atoms with van der Waals surface area (Å²) in [5.74, 6) is -3.55. The highest BCUT2D eigenvalue weighted by atomic mass is 79.9. The van der Waals surface area contributed by atoms with Crippen LogP contribution in [0.4, 0.5) is 21.0 Å². The summed E-state index contributed by atoms with van der Waals surface area (Å²) in [6.07, 6.45) is 9.98. The van der Waals surface area contributed by atoms with Crippen molar-refractivity contribution in [2.24, 2.45) is 35.1 Å². The Morgan fingerprint density at radius 2 is 1.14 bits per heavy atom. The third kappa shape index (κ3) is 21.7. The number of carbonyl (C=O) groups is 6. The minimum atomic E-state index is -1.00. The molecule has 12 atom stereocenters. The van der Waals surface area contributed by atoms with Gasteiger partial charge in [0.05, 0.1) is 47.2 Å². The van der Waals surface area contributed by atoms with Crippen LogP contribution >= 0.6 is 17.0 Å². The Morgan fingerprint density at radius 1 is 0.694 bits per heavy atom. The fraction of sp³-hybridized carbons (Fsp3) is 0.484. The molecule has 85 heavy (non-hydrogen) atoms. The van der Waals surface area contributed by atoms with Gasteiger partial charge in [-0.25, -0.2) is 9.59 Å². The zero-order valence-electron chi connectivity index (χ0n) is 50.8. The van der Waals surface area contributed by atoms with E-state index in [0.29, 0.717) is 53.8 Å². The molecule has 4 rings (SSSR count). The Morgan fingerprint density at radius 3 is 1.58 bits per heavy atom. The Bertz CT molecular complexity index is 2800. The molecule has 1 aromatic carbocycles. The molecule has 1 aliphatic carbocycles. The van der Waals surface area contributed by atoms with E-state index in [0.717, 1.165) is 6.08 Å². The number of phenolic OH excluding ortho intramolecular Hbond substituents is 2. The van der Waals surface area contributed by atoms with Crippen molar-refractivity contribution in [3.63, 3.8) is 0 Å². The van der Waals surface area contributed by atoms with Gasteiger partial charge >= 0.3 is 12.2 Å². The van der Waals surface area contributed by atoms with Crippen molar-refractivity contribution in [3.8, 4) is 11.5 Å². The number of nitrogens with two attached hydrogens (primary N) is 2. The molecule has 2 heterocycles. The van der Waals surface area contributed by atoms with Gasteiger partial charge in [0, 0.05) is 87.8 Å². The van der Waals surface area contributed by atoms with Gasteiger partial charge in [-0.15, -0.1) is 30.1 Å². The van der Waals surface area contributed by atoms with Crippen LogP contribution < -0.4 is 32.7 Å². The van der Waals surface area contributed by atoms with Crippen LogP contribution in [0.5, 0.6) is 11.5 Å². The zero-order valence-corrected chi connectivity index (χ0v) is 52.5. The molecule has 3 aliphatic rings. The molecule has 1 aromatic rings. The first-order valence-corrected chi connectivity index (χ1v) is 27.6. The largest absolute Gasteiger partial charge is 0.506 e. The molecule has 0 radical (unpaired) electrons. The number of aliphatic hydroxyl groups excluding tert-OH is 2. The molecule has 470 valence electrons. The van der Waals surface area contributed by atoms with Crippen LogP contribution in [0.15, 0.2) is 125 Å². The SMILES string of the molecule is Br.C=CCNC1=C2C[C@@H](C)C[C@H](OC)[C@H](O)[C@@H](C)/C=C(\C)[C@H](OC(N)=O)[C@@H](OC)/C=C\C=C(/C)C(=O)NC(=CC1=O)C2=O.C=CCNc1c(O)cc2c(O)c1C[C@@H](C)C[C@H](OC)[C@H](O)[C@@H](C)/C=C(\C)[C@H](OC(N)=O)[C@@H](OC)/C=C\C=C(/C)C(=O)N2. The van der Waals surface area contributed by atoms with E-state index in [-0.39, 0.29) is 81.5 Å². The number of rotatable bonds is 12. The number of allylic oxidation sites excluding steroid dienone is 6. The number of ether oxygens (including phenoxy) is 6. The van der Waals surface area contributed by atoms with E-state index in [1.807, 2.05) is 20.8 Å². The summed E-state index contributed by atoms with van der Waals surface area (Å²) in [5, 5.41) is 55.8. The third-order valence-corrected chi connectivity index (χ3v) is 14.5. The van der Waals surface area contributed by atoms with Gasteiger partial charge < -0.3 is 81.6 Å².